The number of anilines is 1. The van der Waals surface area contributed by atoms with Gasteiger partial charge in [0.2, 0.25) is 5.91 Å². The lowest BCUT2D eigenvalue weighted by Crippen LogP contribution is -2.56. The van der Waals surface area contributed by atoms with Crippen molar-refractivity contribution in [1.29, 1.82) is 0 Å². The SMILES string of the molecule is O=C([C@@H]1C[C@H]1F)N1C2CCC1CN(c1ccnn3cc(C4=CCOC4)cc13)C2. The summed E-state index contributed by atoms with van der Waals surface area (Å²) in [6.07, 6.45) is 7.52. The third-order valence-corrected chi connectivity index (χ3v) is 6.67. The van der Waals surface area contributed by atoms with Crippen LogP contribution < -0.4 is 4.90 Å². The Morgan fingerprint density at radius 2 is 2.04 bits per heavy atom. The number of carbonyl (C=O) groups is 1. The minimum atomic E-state index is -0.919. The summed E-state index contributed by atoms with van der Waals surface area (Å²) in [5, 5.41) is 4.48. The number of alkyl halides is 1. The van der Waals surface area contributed by atoms with Crippen molar-refractivity contribution in [1.82, 2.24) is 14.5 Å². The van der Waals surface area contributed by atoms with Crippen LogP contribution in [0.4, 0.5) is 10.1 Å². The number of halogens is 1. The van der Waals surface area contributed by atoms with Crippen LogP contribution in [0.1, 0.15) is 24.8 Å². The highest BCUT2D eigenvalue weighted by Gasteiger charge is 2.51. The lowest BCUT2D eigenvalue weighted by Gasteiger charge is -2.42. The van der Waals surface area contributed by atoms with Crippen LogP contribution in [0.5, 0.6) is 0 Å². The van der Waals surface area contributed by atoms with Gasteiger partial charge in [-0.05, 0) is 37.0 Å². The van der Waals surface area contributed by atoms with E-state index in [9.17, 15) is 9.18 Å². The van der Waals surface area contributed by atoms with Crippen molar-refractivity contribution in [3.63, 3.8) is 0 Å². The molecule has 2 bridgehead atoms. The van der Waals surface area contributed by atoms with Gasteiger partial charge in [0.1, 0.15) is 6.17 Å². The van der Waals surface area contributed by atoms with Crippen LogP contribution in [0, 0.1) is 5.92 Å². The number of aromatic nitrogens is 2. The number of nitrogens with zero attached hydrogens (tertiary/aromatic N) is 4. The van der Waals surface area contributed by atoms with Crippen LogP contribution in [0.25, 0.3) is 11.1 Å². The van der Waals surface area contributed by atoms with Gasteiger partial charge in [0.15, 0.2) is 0 Å². The van der Waals surface area contributed by atoms with Crippen LogP contribution in [0.2, 0.25) is 0 Å². The summed E-state index contributed by atoms with van der Waals surface area (Å²) < 4.78 is 20.8. The second kappa shape index (κ2) is 6.04. The summed E-state index contributed by atoms with van der Waals surface area (Å²) in [5.41, 5.74) is 4.59. The number of carbonyl (C=O) groups excluding carboxylic acids is 1. The lowest BCUT2D eigenvalue weighted by molar-refractivity contribution is -0.136. The first-order chi connectivity index (χ1) is 13.7. The normalized spacial score (nSPS) is 31.5. The maximum absolute atomic E-state index is 13.4. The number of hydrogen-bond acceptors (Lipinski definition) is 4. The molecule has 0 spiro atoms. The Morgan fingerprint density at radius 3 is 2.71 bits per heavy atom. The predicted octanol–water partition coefficient (Wildman–Crippen LogP) is 2.29. The molecule has 2 saturated heterocycles. The van der Waals surface area contributed by atoms with Crippen molar-refractivity contribution in [2.24, 2.45) is 5.92 Å². The predicted molar refractivity (Wildman–Crippen MR) is 103 cm³/mol. The van der Waals surface area contributed by atoms with Crippen molar-refractivity contribution < 1.29 is 13.9 Å². The van der Waals surface area contributed by atoms with Crippen molar-refractivity contribution in [3.8, 4) is 0 Å². The molecule has 6 rings (SSSR count). The molecule has 3 aliphatic heterocycles. The van der Waals surface area contributed by atoms with E-state index >= 15 is 0 Å². The van der Waals surface area contributed by atoms with E-state index in [1.165, 1.54) is 5.57 Å². The molecule has 146 valence electrons. The Labute approximate surface area is 162 Å². The molecular weight excluding hydrogens is 359 g/mol. The highest BCUT2D eigenvalue weighted by atomic mass is 19.1. The molecule has 28 heavy (non-hydrogen) atoms. The van der Waals surface area contributed by atoms with Crippen molar-refractivity contribution in [3.05, 3.63) is 36.2 Å². The van der Waals surface area contributed by atoms with Gasteiger partial charge < -0.3 is 14.5 Å². The van der Waals surface area contributed by atoms with Crippen LogP contribution >= 0.6 is 0 Å². The number of fused-ring (bicyclic) bond motifs is 3. The zero-order valence-electron chi connectivity index (χ0n) is 15.6. The van der Waals surface area contributed by atoms with Gasteiger partial charge in [0.25, 0.3) is 0 Å². The number of amides is 1. The van der Waals surface area contributed by atoms with E-state index in [-0.39, 0.29) is 23.9 Å². The van der Waals surface area contributed by atoms with Crippen LogP contribution in [-0.4, -0.2) is 65.0 Å². The number of ether oxygens (including phenoxy) is 1. The van der Waals surface area contributed by atoms with Crippen molar-refractivity contribution >= 4 is 22.7 Å². The van der Waals surface area contributed by atoms with Crippen molar-refractivity contribution in [2.45, 2.75) is 37.5 Å². The second-order valence-corrected chi connectivity index (χ2v) is 8.41. The first kappa shape index (κ1) is 16.5. The Kier molecular flexibility index (Phi) is 3.57. The molecule has 0 aromatic carbocycles. The van der Waals surface area contributed by atoms with Gasteiger partial charge in [0.05, 0.1) is 30.3 Å². The Hall–Kier alpha value is -2.41. The second-order valence-electron chi connectivity index (χ2n) is 8.41. The largest absolute Gasteiger partial charge is 0.373 e. The van der Waals surface area contributed by atoms with E-state index in [4.69, 9.17) is 4.74 Å². The molecular formula is C21H23FN4O2. The molecule has 4 aliphatic rings. The fourth-order valence-corrected chi connectivity index (χ4v) is 5.10. The van der Waals surface area contributed by atoms with E-state index in [2.05, 4.69) is 34.4 Å². The van der Waals surface area contributed by atoms with Crippen molar-refractivity contribution in [2.75, 3.05) is 31.2 Å². The standard InChI is InChI=1S/C21H23FN4O2/c22-18-8-17(18)21(27)26-15-1-2-16(26)11-24(10-15)19-3-5-23-25-9-14(7-20(19)25)13-4-6-28-12-13/h3-5,7,9,15-18H,1-2,6,8,10-12H2/t15?,16?,17-,18-/m1/s1. The van der Waals surface area contributed by atoms with E-state index in [0.29, 0.717) is 19.6 Å². The molecule has 7 heteroatoms. The number of piperazine rings is 1. The van der Waals surface area contributed by atoms with E-state index in [1.54, 1.807) is 0 Å². The minimum Gasteiger partial charge on any atom is -0.373 e. The molecule has 1 amide bonds. The number of hydrogen-bond donors (Lipinski definition) is 0. The summed E-state index contributed by atoms with van der Waals surface area (Å²) in [5.74, 6) is -0.338. The molecule has 5 heterocycles. The summed E-state index contributed by atoms with van der Waals surface area (Å²) >= 11 is 0. The molecule has 1 aliphatic carbocycles. The average Bonchev–Trinajstić information content (AvgIpc) is 3.10. The van der Waals surface area contributed by atoms with Gasteiger partial charge in [-0.25, -0.2) is 8.91 Å². The van der Waals surface area contributed by atoms with Gasteiger partial charge in [0, 0.05) is 43.1 Å². The van der Waals surface area contributed by atoms with E-state index in [1.807, 2.05) is 15.6 Å². The maximum atomic E-state index is 13.4. The van der Waals surface area contributed by atoms with E-state index in [0.717, 1.165) is 42.7 Å². The molecule has 2 aromatic heterocycles. The quantitative estimate of drug-likeness (QED) is 0.817. The molecule has 2 aromatic rings. The monoisotopic (exact) mass is 382 g/mol. The van der Waals surface area contributed by atoms with Gasteiger partial charge in [-0.15, -0.1) is 0 Å². The smallest absolute Gasteiger partial charge is 0.229 e. The summed E-state index contributed by atoms with van der Waals surface area (Å²) in [6, 6.07) is 4.62. The fraction of sp³-hybridized carbons (Fsp3) is 0.524. The van der Waals surface area contributed by atoms with E-state index < -0.39 is 6.17 Å². The molecule has 0 radical (unpaired) electrons. The third kappa shape index (κ3) is 2.49. The molecule has 6 nitrogen and oxygen atoms in total. The fourth-order valence-electron chi connectivity index (χ4n) is 5.10. The maximum Gasteiger partial charge on any atom is 0.229 e. The summed E-state index contributed by atoms with van der Waals surface area (Å²) in [4.78, 5) is 17.1. The zero-order valence-corrected chi connectivity index (χ0v) is 15.6. The first-order valence-corrected chi connectivity index (χ1v) is 10.1. The van der Waals surface area contributed by atoms with Gasteiger partial charge in [-0.2, -0.15) is 5.10 Å². The molecule has 2 unspecified atom stereocenters. The van der Waals surface area contributed by atoms with Gasteiger partial charge in [-0.1, -0.05) is 6.08 Å². The topological polar surface area (TPSA) is 50.1 Å². The minimum absolute atomic E-state index is 0.0395. The zero-order chi connectivity index (χ0) is 18.8. The highest BCUT2D eigenvalue weighted by Crippen LogP contribution is 2.41. The van der Waals surface area contributed by atoms with Crippen LogP contribution in [0.3, 0.4) is 0 Å². The van der Waals surface area contributed by atoms with Crippen LogP contribution in [0.15, 0.2) is 30.6 Å². The Bertz CT molecular complexity index is 972. The van der Waals surface area contributed by atoms with Gasteiger partial charge in [-0.3, -0.25) is 4.79 Å². The van der Waals surface area contributed by atoms with Crippen LogP contribution in [-0.2, 0) is 9.53 Å². The number of rotatable bonds is 3. The highest BCUT2D eigenvalue weighted by molar-refractivity contribution is 5.84. The molecule has 4 atom stereocenters. The Morgan fingerprint density at radius 1 is 1.25 bits per heavy atom. The molecule has 3 fully saturated rings. The molecule has 0 N–H and O–H groups in total. The first-order valence-electron chi connectivity index (χ1n) is 10.1. The average molecular weight is 382 g/mol. The lowest BCUT2D eigenvalue weighted by atomic mass is 10.1. The van der Waals surface area contributed by atoms with Gasteiger partial charge >= 0.3 is 0 Å². The summed E-state index contributed by atoms with van der Waals surface area (Å²) in [7, 11) is 0. The summed E-state index contributed by atoms with van der Waals surface area (Å²) in [6.45, 7) is 2.92. The third-order valence-electron chi connectivity index (χ3n) is 6.67. The Balaban J connectivity index is 1.29. The molecule has 1 saturated carbocycles.